The summed E-state index contributed by atoms with van der Waals surface area (Å²) >= 11 is 0. The third kappa shape index (κ3) is 26.2. The van der Waals surface area contributed by atoms with Gasteiger partial charge in [0.05, 0.1) is 0 Å². The average molecular weight is 162 g/mol. The predicted molar refractivity (Wildman–Crippen MR) is 44.6 cm³/mol. The zero-order valence-electron chi connectivity index (χ0n) is 7.59. The van der Waals surface area contributed by atoms with E-state index in [9.17, 15) is 4.79 Å². The van der Waals surface area contributed by atoms with E-state index in [1.54, 1.807) is 0 Å². The molecule has 1 N–H and O–H groups in total. The van der Waals surface area contributed by atoms with E-state index in [-0.39, 0.29) is 12.4 Å². The summed E-state index contributed by atoms with van der Waals surface area (Å²) in [5.74, 6) is 0.0394. The van der Waals surface area contributed by atoms with Crippen molar-refractivity contribution in [3.05, 3.63) is 0 Å². The maximum absolute atomic E-state index is 9.88. The van der Waals surface area contributed by atoms with Gasteiger partial charge >= 0.3 is 0 Å². The molecule has 11 heavy (non-hydrogen) atoms. The van der Waals surface area contributed by atoms with E-state index in [0.29, 0.717) is 6.42 Å². The molecular formula is C8H18O3. The molecule has 3 nitrogen and oxygen atoms in total. The van der Waals surface area contributed by atoms with Crippen LogP contribution in [-0.2, 0) is 9.53 Å². The van der Waals surface area contributed by atoms with Crippen LogP contribution in [0, 0.1) is 0 Å². The summed E-state index contributed by atoms with van der Waals surface area (Å²) < 4.78 is 4.83. The van der Waals surface area contributed by atoms with Crippen LogP contribution in [0.5, 0.6) is 0 Å². The van der Waals surface area contributed by atoms with E-state index in [1.807, 2.05) is 13.8 Å². The minimum absolute atomic E-state index is 0.0185. The maximum atomic E-state index is 9.88. The third-order valence-electron chi connectivity index (χ3n) is 0.872. The van der Waals surface area contributed by atoms with Gasteiger partial charge in [0.15, 0.2) is 0 Å². The Hall–Kier alpha value is -0.410. The molecule has 0 heterocycles. The van der Waals surface area contributed by atoms with Gasteiger partial charge in [-0.05, 0) is 20.8 Å². The minimum Gasteiger partial charge on any atom is -0.396 e. The van der Waals surface area contributed by atoms with Crippen LogP contribution in [-0.4, -0.2) is 30.7 Å². The molecular weight excluding hydrogens is 144 g/mol. The molecule has 0 atom stereocenters. The van der Waals surface area contributed by atoms with Gasteiger partial charge in [-0.25, -0.2) is 0 Å². The first-order valence-electron chi connectivity index (χ1n) is 3.87. The lowest BCUT2D eigenvalue weighted by Gasteiger charge is -1.86. The summed E-state index contributed by atoms with van der Waals surface area (Å²) in [7, 11) is 0. The summed E-state index contributed by atoms with van der Waals surface area (Å²) in [5.41, 5.74) is 0. The van der Waals surface area contributed by atoms with Crippen molar-refractivity contribution < 1.29 is 14.6 Å². The summed E-state index contributed by atoms with van der Waals surface area (Å²) in [6, 6.07) is 0. The van der Waals surface area contributed by atoms with Gasteiger partial charge in [0, 0.05) is 26.2 Å². The average Bonchev–Trinajstić information content (AvgIpc) is 1.90. The fraction of sp³-hybridized carbons (Fsp3) is 0.875. The Morgan fingerprint density at radius 3 is 1.82 bits per heavy atom. The van der Waals surface area contributed by atoms with Crippen LogP contribution in [0.15, 0.2) is 0 Å². The lowest BCUT2D eigenvalue weighted by molar-refractivity contribution is -0.117. The van der Waals surface area contributed by atoms with E-state index in [0.717, 1.165) is 13.2 Å². The first kappa shape index (κ1) is 13.2. The molecule has 0 aromatic heterocycles. The summed E-state index contributed by atoms with van der Waals surface area (Å²) in [4.78, 5) is 9.88. The number of Topliss-reactive ketones (excluding diaryl/α,β-unsaturated/α-hetero) is 1. The van der Waals surface area contributed by atoms with Crippen LogP contribution in [0.25, 0.3) is 0 Å². The van der Waals surface area contributed by atoms with Gasteiger partial charge in [-0.2, -0.15) is 0 Å². The van der Waals surface area contributed by atoms with Gasteiger partial charge in [-0.15, -0.1) is 0 Å². The van der Waals surface area contributed by atoms with Crippen LogP contribution >= 0.6 is 0 Å². The van der Waals surface area contributed by atoms with Gasteiger partial charge in [0.2, 0.25) is 0 Å². The number of aliphatic hydroxyl groups is 1. The molecule has 0 unspecified atom stereocenters. The van der Waals surface area contributed by atoms with Gasteiger partial charge in [-0.3, -0.25) is 4.79 Å². The topological polar surface area (TPSA) is 46.5 Å². The predicted octanol–water partition coefficient (Wildman–Crippen LogP) is 1.00. The van der Waals surface area contributed by atoms with Crippen LogP contribution in [0.3, 0.4) is 0 Å². The molecule has 0 spiro atoms. The van der Waals surface area contributed by atoms with E-state index in [4.69, 9.17) is 9.84 Å². The summed E-state index contributed by atoms with van der Waals surface area (Å²) in [5, 5.41) is 8.02. The zero-order chi connectivity index (χ0) is 9.11. The number of ketones is 1. The van der Waals surface area contributed by atoms with Crippen molar-refractivity contribution in [3.8, 4) is 0 Å². The Labute approximate surface area is 68.4 Å². The number of hydrogen-bond acceptors (Lipinski definition) is 3. The van der Waals surface area contributed by atoms with Gasteiger partial charge < -0.3 is 9.84 Å². The fourth-order valence-corrected chi connectivity index (χ4v) is 0.362. The van der Waals surface area contributed by atoms with E-state index < -0.39 is 0 Å². The Kier molecular flexibility index (Phi) is 14.7. The normalized spacial score (nSPS) is 8.36. The first-order valence-corrected chi connectivity index (χ1v) is 3.87. The molecule has 0 aromatic rings. The second-order valence-electron chi connectivity index (χ2n) is 1.96. The standard InChI is InChI=1S/C4H8O2.C4H10O/c1-4(6)2-3-5;1-3-5-4-2/h5H,2-3H2,1H3;3-4H2,1-2H3. The quantitative estimate of drug-likeness (QED) is 0.670. The van der Waals surface area contributed by atoms with Gasteiger partial charge in [-0.1, -0.05) is 0 Å². The number of carbonyl (C=O) groups is 1. The molecule has 0 aliphatic rings. The molecule has 0 saturated carbocycles. The molecule has 0 rings (SSSR count). The molecule has 0 saturated heterocycles. The Morgan fingerprint density at radius 2 is 1.82 bits per heavy atom. The second kappa shape index (κ2) is 12.3. The summed E-state index contributed by atoms with van der Waals surface area (Å²) in [6.45, 7) is 7.10. The molecule has 0 aliphatic heterocycles. The van der Waals surface area contributed by atoms with Crippen LogP contribution in [0.2, 0.25) is 0 Å². The maximum Gasteiger partial charge on any atom is 0.132 e. The minimum atomic E-state index is -0.0185. The monoisotopic (exact) mass is 162 g/mol. The molecule has 0 fully saturated rings. The molecule has 3 heteroatoms. The molecule has 0 aromatic carbocycles. The lowest BCUT2D eigenvalue weighted by atomic mass is 10.3. The molecule has 0 radical (unpaired) electrons. The second-order valence-corrected chi connectivity index (χ2v) is 1.96. The Balaban J connectivity index is 0. The van der Waals surface area contributed by atoms with Crippen LogP contribution in [0.4, 0.5) is 0 Å². The van der Waals surface area contributed by atoms with Crippen molar-refractivity contribution in [2.75, 3.05) is 19.8 Å². The number of rotatable bonds is 4. The highest BCUT2D eigenvalue weighted by Crippen LogP contribution is 1.74. The van der Waals surface area contributed by atoms with E-state index in [2.05, 4.69) is 0 Å². The number of ether oxygens (including phenoxy) is 1. The largest absolute Gasteiger partial charge is 0.396 e. The number of aliphatic hydroxyl groups excluding tert-OH is 1. The Morgan fingerprint density at radius 1 is 1.36 bits per heavy atom. The molecule has 68 valence electrons. The molecule has 0 amide bonds. The summed E-state index contributed by atoms with van der Waals surface area (Å²) in [6.07, 6.45) is 0.292. The van der Waals surface area contributed by atoms with Crippen molar-refractivity contribution in [2.24, 2.45) is 0 Å². The van der Waals surface area contributed by atoms with Crippen molar-refractivity contribution in [2.45, 2.75) is 27.2 Å². The van der Waals surface area contributed by atoms with Crippen molar-refractivity contribution in [3.63, 3.8) is 0 Å². The molecule has 0 aliphatic carbocycles. The van der Waals surface area contributed by atoms with Gasteiger partial charge in [0.25, 0.3) is 0 Å². The van der Waals surface area contributed by atoms with E-state index >= 15 is 0 Å². The van der Waals surface area contributed by atoms with Crippen LogP contribution in [0.1, 0.15) is 27.2 Å². The smallest absolute Gasteiger partial charge is 0.132 e. The zero-order valence-corrected chi connectivity index (χ0v) is 7.59. The number of carbonyl (C=O) groups excluding carboxylic acids is 1. The van der Waals surface area contributed by atoms with Crippen LogP contribution < -0.4 is 0 Å². The highest BCUT2D eigenvalue weighted by molar-refractivity contribution is 5.75. The third-order valence-corrected chi connectivity index (χ3v) is 0.872. The first-order chi connectivity index (χ1) is 5.18. The highest BCUT2D eigenvalue weighted by atomic mass is 16.5. The van der Waals surface area contributed by atoms with Crippen molar-refractivity contribution >= 4 is 5.78 Å². The van der Waals surface area contributed by atoms with Crippen molar-refractivity contribution in [1.82, 2.24) is 0 Å². The van der Waals surface area contributed by atoms with E-state index in [1.165, 1.54) is 6.92 Å². The molecule has 0 bridgehead atoms. The lowest BCUT2D eigenvalue weighted by Crippen LogP contribution is -1.92. The number of hydrogen-bond donors (Lipinski definition) is 1. The van der Waals surface area contributed by atoms with Gasteiger partial charge in [0.1, 0.15) is 5.78 Å². The van der Waals surface area contributed by atoms with Crippen molar-refractivity contribution in [1.29, 1.82) is 0 Å². The fourth-order valence-electron chi connectivity index (χ4n) is 0.362. The SMILES string of the molecule is CC(=O)CCO.CCOCC. The Bertz CT molecular complexity index is 79.4. The highest BCUT2D eigenvalue weighted by Gasteiger charge is 1.84.